The second kappa shape index (κ2) is 4.95. The fraction of sp³-hybridized carbons (Fsp3) is 1.00. The van der Waals surface area contributed by atoms with Crippen LogP contribution in [0.4, 0.5) is 0 Å². The van der Waals surface area contributed by atoms with Gasteiger partial charge in [-0.1, -0.05) is 6.42 Å². The molecule has 0 radical (unpaired) electrons. The molecule has 6 fully saturated rings. The van der Waals surface area contributed by atoms with Gasteiger partial charge in [0.15, 0.2) is 0 Å². The molecule has 1 saturated carbocycles. The van der Waals surface area contributed by atoms with E-state index in [-0.39, 0.29) is 0 Å². The first-order chi connectivity index (χ1) is 11.4. The van der Waals surface area contributed by atoms with Crippen molar-refractivity contribution in [1.29, 1.82) is 0 Å². The van der Waals surface area contributed by atoms with Crippen molar-refractivity contribution in [2.24, 2.45) is 17.3 Å². The minimum Gasteiger partial charge on any atom is -0.299 e. The van der Waals surface area contributed by atoms with E-state index in [0.717, 1.165) is 36.1 Å². The van der Waals surface area contributed by atoms with Crippen LogP contribution in [0.25, 0.3) is 0 Å². The van der Waals surface area contributed by atoms with E-state index in [1.807, 2.05) is 0 Å². The molecule has 6 aliphatic rings. The highest BCUT2D eigenvalue weighted by Crippen LogP contribution is 2.59. The molecule has 0 aromatic rings. The van der Waals surface area contributed by atoms with Crippen LogP contribution >= 0.6 is 0 Å². The van der Waals surface area contributed by atoms with E-state index < -0.39 is 0 Å². The Labute approximate surface area is 141 Å². The zero-order valence-electron chi connectivity index (χ0n) is 14.6. The summed E-state index contributed by atoms with van der Waals surface area (Å²) in [4.78, 5) is 5.95. The molecule has 3 heteroatoms. The van der Waals surface area contributed by atoms with E-state index in [2.05, 4.69) is 15.1 Å². The molecule has 3 nitrogen and oxygen atoms in total. The Hall–Kier alpha value is -0.120. The molecule has 0 aromatic carbocycles. The fourth-order valence-corrected chi connectivity index (χ4v) is 8.25. The Morgan fingerprint density at radius 2 is 1.87 bits per heavy atom. The van der Waals surface area contributed by atoms with E-state index in [1.165, 1.54) is 71.0 Å². The lowest BCUT2D eigenvalue weighted by Crippen LogP contribution is -2.80. The summed E-state index contributed by atoms with van der Waals surface area (Å²) in [6.45, 7) is 4.20. The molecule has 4 bridgehead atoms. The van der Waals surface area contributed by atoms with Crippen LogP contribution in [-0.4, -0.2) is 53.7 Å². The van der Waals surface area contributed by atoms with Crippen molar-refractivity contribution in [2.75, 3.05) is 19.6 Å². The Balaban J connectivity index is 1.44. The van der Waals surface area contributed by atoms with E-state index in [0.29, 0.717) is 5.41 Å². The summed E-state index contributed by atoms with van der Waals surface area (Å²) in [6.07, 6.45) is 15.6. The topological polar surface area (TPSA) is 18.5 Å². The molecule has 5 saturated heterocycles. The first-order valence-electron chi connectivity index (χ1n) is 10.6. The van der Waals surface area contributed by atoms with Crippen LogP contribution in [0.15, 0.2) is 0 Å². The maximum atomic E-state index is 4.15. The summed E-state index contributed by atoms with van der Waals surface area (Å²) < 4.78 is 0. The Morgan fingerprint density at radius 3 is 2.87 bits per heavy atom. The van der Waals surface area contributed by atoms with Crippen molar-refractivity contribution in [2.45, 2.75) is 88.5 Å². The van der Waals surface area contributed by atoms with Crippen molar-refractivity contribution in [3.05, 3.63) is 0 Å². The van der Waals surface area contributed by atoms with Crippen LogP contribution in [-0.2, 0) is 0 Å². The largest absolute Gasteiger partial charge is 0.299 e. The summed E-state index contributed by atoms with van der Waals surface area (Å²) in [7, 11) is 0. The van der Waals surface area contributed by atoms with Crippen LogP contribution in [0.1, 0.15) is 64.2 Å². The lowest BCUT2D eigenvalue weighted by Gasteiger charge is -2.70. The lowest BCUT2D eigenvalue weighted by atomic mass is 9.50. The van der Waals surface area contributed by atoms with Gasteiger partial charge < -0.3 is 0 Å². The summed E-state index contributed by atoms with van der Waals surface area (Å²) >= 11 is 0. The third kappa shape index (κ3) is 1.82. The van der Waals surface area contributed by atoms with E-state index in [4.69, 9.17) is 0 Å². The van der Waals surface area contributed by atoms with Gasteiger partial charge >= 0.3 is 0 Å². The lowest BCUT2D eigenvalue weighted by molar-refractivity contribution is -0.198. The minimum absolute atomic E-state index is 0.596. The number of nitrogens with one attached hydrogen (secondary N) is 1. The van der Waals surface area contributed by atoms with Crippen molar-refractivity contribution in [3.8, 4) is 0 Å². The highest BCUT2D eigenvalue weighted by atomic mass is 15.4. The maximum Gasteiger partial charge on any atom is 0.0602 e. The summed E-state index contributed by atoms with van der Waals surface area (Å²) in [5.74, 6) is 2.04. The first kappa shape index (κ1) is 14.1. The predicted octanol–water partition coefficient (Wildman–Crippen LogP) is 2.81. The average molecular weight is 316 g/mol. The summed E-state index contributed by atoms with van der Waals surface area (Å²) in [6, 6.07) is 2.70. The molecule has 5 heterocycles. The van der Waals surface area contributed by atoms with E-state index >= 15 is 0 Å². The average Bonchev–Trinajstić information content (AvgIpc) is 2.60. The number of piperidine rings is 4. The minimum atomic E-state index is 0.596. The van der Waals surface area contributed by atoms with Crippen LogP contribution < -0.4 is 5.32 Å². The SMILES string of the molecule is C1CC2NC(C1)[C@]13C[C@@H](C[C@@H]4CCCN2C41)[C@H]1CCCCN1C3. The standard InChI is InChI=1S/C20H33N3/c1-2-9-22-13-20-12-15(16(22)6-1)11-14-5-4-10-23(19(14)20)18-8-3-7-17(20)21-18/h14-19,21H,1-13H2/t14-,15+,16+,17?,18?,19?,20+/m0/s1. The Bertz CT molecular complexity index is 493. The van der Waals surface area contributed by atoms with Gasteiger partial charge in [0.05, 0.1) is 6.17 Å². The molecule has 23 heavy (non-hydrogen) atoms. The maximum absolute atomic E-state index is 4.15. The van der Waals surface area contributed by atoms with Gasteiger partial charge in [0, 0.05) is 30.1 Å². The summed E-state index contributed by atoms with van der Waals surface area (Å²) in [5, 5.41) is 4.15. The number of rotatable bonds is 0. The highest BCUT2D eigenvalue weighted by molar-refractivity contribution is 5.18. The second-order valence-electron chi connectivity index (χ2n) is 9.72. The molecule has 7 atom stereocenters. The zero-order valence-corrected chi connectivity index (χ0v) is 14.6. The zero-order chi connectivity index (χ0) is 15.0. The number of nitrogens with zero attached hydrogens (tertiary/aromatic N) is 2. The van der Waals surface area contributed by atoms with Crippen LogP contribution in [0.5, 0.6) is 0 Å². The normalized spacial score (nSPS) is 55.8. The molecule has 128 valence electrons. The van der Waals surface area contributed by atoms with Gasteiger partial charge in [0.25, 0.3) is 0 Å². The van der Waals surface area contributed by atoms with Crippen molar-refractivity contribution in [3.63, 3.8) is 0 Å². The third-order valence-electron chi connectivity index (χ3n) is 8.80. The first-order valence-corrected chi connectivity index (χ1v) is 10.6. The molecule has 5 aliphatic heterocycles. The van der Waals surface area contributed by atoms with Crippen molar-refractivity contribution in [1.82, 2.24) is 15.1 Å². The van der Waals surface area contributed by atoms with E-state index in [9.17, 15) is 0 Å². The molecule has 6 rings (SSSR count). The Kier molecular flexibility index (Phi) is 3.04. The van der Waals surface area contributed by atoms with E-state index in [1.54, 1.807) is 12.8 Å². The molecule has 1 aliphatic carbocycles. The second-order valence-corrected chi connectivity index (χ2v) is 9.72. The van der Waals surface area contributed by atoms with Crippen LogP contribution in [0.2, 0.25) is 0 Å². The molecule has 3 unspecified atom stereocenters. The van der Waals surface area contributed by atoms with Crippen molar-refractivity contribution < 1.29 is 0 Å². The number of fused-ring (bicyclic) bond motifs is 6. The van der Waals surface area contributed by atoms with Gasteiger partial charge in [-0.15, -0.1) is 0 Å². The predicted molar refractivity (Wildman–Crippen MR) is 92.1 cm³/mol. The van der Waals surface area contributed by atoms with Gasteiger partial charge in [-0.25, -0.2) is 0 Å². The van der Waals surface area contributed by atoms with Gasteiger partial charge in [-0.2, -0.15) is 0 Å². The highest BCUT2D eigenvalue weighted by Gasteiger charge is 2.63. The van der Waals surface area contributed by atoms with Crippen LogP contribution in [0, 0.1) is 17.3 Å². The van der Waals surface area contributed by atoms with Gasteiger partial charge in [0.2, 0.25) is 0 Å². The summed E-state index contributed by atoms with van der Waals surface area (Å²) in [5.41, 5.74) is 0.596. The fourth-order valence-electron chi connectivity index (χ4n) is 8.25. The Morgan fingerprint density at radius 1 is 0.870 bits per heavy atom. The molecular formula is C20H33N3. The van der Waals surface area contributed by atoms with Crippen LogP contribution in [0.3, 0.4) is 0 Å². The van der Waals surface area contributed by atoms with Gasteiger partial charge in [-0.3, -0.25) is 15.1 Å². The van der Waals surface area contributed by atoms with Gasteiger partial charge in [0.1, 0.15) is 0 Å². The van der Waals surface area contributed by atoms with Gasteiger partial charge in [-0.05, 0) is 82.7 Å². The quantitative estimate of drug-likeness (QED) is 0.741. The number of hydrogen-bond acceptors (Lipinski definition) is 3. The van der Waals surface area contributed by atoms with Crippen molar-refractivity contribution >= 4 is 0 Å². The molecule has 1 spiro atoms. The monoisotopic (exact) mass is 315 g/mol. The molecule has 0 aromatic heterocycles. The number of hydrogen-bond donors (Lipinski definition) is 1. The smallest absolute Gasteiger partial charge is 0.0602 e. The molecule has 0 amide bonds. The molecular weight excluding hydrogens is 282 g/mol. The molecule has 1 N–H and O–H groups in total. The third-order valence-corrected chi connectivity index (χ3v) is 8.80.